The largest absolute Gasteiger partial charge is 0.490 e. The Balaban J connectivity index is 1.46. The Morgan fingerprint density at radius 3 is 2.53 bits per heavy atom. The van der Waals surface area contributed by atoms with E-state index in [1.54, 1.807) is 0 Å². The van der Waals surface area contributed by atoms with Crippen LogP contribution < -0.4 is 15.0 Å². The van der Waals surface area contributed by atoms with E-state index in [4.69, 9.17) is 21.4 Å². The Labute approximate surface area is 182 Å². The van der Waals surface area contributed by atoms with Crippen molar-refractivity contribution < 1.29 is 9.15 Å². The van der Waals surface area contributed by atoms with Crippen molar-refractivity contribution in [1.29, 1.82) is 0 Å². The first kappa shape index (κ1) is 19.1. The molecule has 2 aliphatic rings. The number of nitrogens with one attached hydrogen (secondary N) is 1. The molecule has 0 unspecified atom stereocenters. The molecule has 1 aliphatic carbocycles. The quantitative estimate of drug-likeness (QED) is 0.553. The summed E-state index contributed by atoms with van der Waals surface area (Å²) in [5.74, 6) is 2.65. The number of rotatable bonds is 5. The highest BCUT2D eigenvalue weighted by Crippen LogP contribution is 2.42. The van der Waals surface area contributed by atoms with Crippen molar-refractivity contribution in [2.24, 2.45) is 0 Å². The zero-order chi connectivity index (χ0) is 20.5. The number of benzene rings is 1. The minimum absolute atomic E-state index is 0.0985. The predicted molar refractivity (Wildman–Crippen MR) is 121 cm³/mol. The topological polar surface area (TPSA) is 50.5 Å². The number of thiocarbonyl (C=S) groups is 1. The van der Waals surface area contributed by atoms with Crippen molar-refractivity contribution in [1.82, 2.24) is 10.3 Å². The Hall–Kier alpha value is -2.86. The fraction of sp³-hybridized carbons (Fsp3) is 0.333. The molecule has 1 saturated heterocycles. The van der Waals surface area contributed by atoms with E-state index in [0.717, 1.165) is 41.5 Å². The molecular formula is C24H25N3O2S. The summed E-state index contributed by atoms with van der Waals surface area (Å²) in [7, 11) is 0. The molecule has 1 aliphatic heterocycles. The molecular weight excluding hydrogens is 394 g/mol. The van der Waals surface area contributed by atoms with E-state index in [9.17, 15) is 0 Å². The third-order valence-corrected chi connectivity index (χ3v) is 6.19. The maximum atomic E-state index is 6.13. The van der Waals surface area contributed by atoms with Crippen LogP contribution in [0.1, 0.15) is 55.0 Å². The van der Waals surface area contributed by atoms with E-state index in [0.29, 0.717) is 11.2 Å². The van der Waals surface area contributed by atoms with Crippen molar-refractivity contribution in [2.75, 3.05) is 4.90 Å². The Kier molecular flexibility index (Phi) is 5.17. The third-order valence-electron chi connectivity index (χ3n) is 5.87. The maximum Gasteiger partial charge on any atom is 0.174 e. The molecule has 2 aromatic heterocycles. The SMILES string of the molecule is Cc1ccc([C@@H]2[C@@H](c3ccccn3)NC(=S)N2c2ccc(OC3CCCC3)cc2)o1. The summed E-state index contributed by atoms with van der Waals surface area (Å²) in [4.78, 5) is 6.68. The van der Waals surface area contributed by atoms with E-state index >= 15 is 0 Å². The molecule has 1 saturated carbocycles. The molecule has 6 heteroatoms. The number of furan rings is 1. The van der Waals surface area contributed by atoms with Crippen molar-refractivity contribution in [3.05, 3.63) is 78.0 Å². The summed E-state index contributed by atoms with van der Waals surface area (Å²) in [5, 5.41) is 4.11. The van der Waals surface area contributed by atoms with Gasteiger partial charge in [0.1, 0.15) is 23.3 Å². The van der Waals surface area contributed by atoms with Crippen LogP contribution in [0, 0.1) is 6.92 Å². The lowest BCUT2D eigenvalue weighted by Gasteiger charge is -2.26. The van der Waals surface area contributed by atoms with Gasteiger partial charge in [-0.05, 0) is 93.4 Å². The number of pyridine rings is 1. The number of hydrogen-bond acceptors (Lipinski definition) is 4. The molecule has 0 bridgehead atoms. The molecule has 2 atom stereocenters. The van der Waals surface area contributed by atoms with Crippen LogP contribution in [-0.2, 0) is 0 Å². The van der Waals surface area contributed by atoms with Gasteiger partial charge in [-0.3, -0.25) is 4.98 Å². The number of aromatic nitrogens is 1. The van der Waals surface area contributed by atoms with E-state index in [1.165, 1.54) is 12.8 Å². The molecule has 154 valence electrons. The summed E-state index contributed by atoms with van der Waals surface area (Å²) in [6.07, 6.45) is 6.96. The van der Waals surface area contributed by atoms with Crippen LogP contribution in [0.3, 0.4) is 0 Å². The minimum atomic E-state index is -0.122. The van der Waals surface area contributed by atoms with Crippen LogP contribution in [0.25, 0.3) is 0 Å². The second-order valence-corrected chi connectivity index (χ2v) is 8.35. The van der Waals surface area contributed by atoms with Crippen LogP contribution in [0.5, 0.6) is 5.75 Å². The molecule has 0 spiro atoms. The molecule has 5 nitrogen and oxygen atoms in total. The van der Waals surface area contributed by atoms with Crippen molar-refractivity contribution in [3.8, 4) is 5.75 Å². The van der Waals surface area contributed by atoms with E-state index in [-0.39, 0.29) is 12.1 Å². The van der Waals surface area contributed by atoms with E-state index in [1.807, 2.05) is 55.6 Å². The highest BCUT2D eigenvalue weighted by molar-refractivity contribution is 7.80. The normalized spacial score (nSPS) is 21.8. The van der Waals surface area contributed by atoms with Gasteiger partial charge in [-0.15, -0.1) is 0 Å². The Bertz CT molecular complexity index is 1010. The van der Waals surface area contributed by atoms with E-state index in [2.05, 4.69) is 27.3 Å². The van der Waals surface area contributed by atoms with Gasteiger partial charge in [0.2, 0.25) is 0 Å². The van der Waals surface area contributed by atoms with Crippen molar-refractivity contribution in [2.45, 2.75) is 50.8 Å². The lowest BCUT2D eigenvalue weighted by molar-refractivity contribution is 0.210. The lowest BCUT2D eigenvalue weighted by Crippen LogP contribution is -2.29. The zero-order valence-corrected chi connectivity index (χ0v) is 17.8. The monoisotopic (exact) mass is 419 g/mol. The molecule has 1 aromatic carbocycles. The molecule has 3 heterocycles. The summed E-state index contributed by atoms with van der Waals surface area (Å²) >= 11 is 5.75. The predicted octanol–water partition coefficient (Wildman–Crippen LogP) is 5.48. The molecule has 0 radical (unpaired) electrons. The van der Waals surface area contributed by atoms with Gasteiger partial charge in [0.25, 0.3) is 0 Å². The van der Waals surface area contributed by atoms with Gasteiger partial charge in [0.15, 0.2) is 5.11 Å². The number of anilines is 1. The van der Waals surface area contributed by atoms with E-state index < -0.39 is 0 Å². The summed E-state index contributed by atoms with van der Waals surface area (Å²) < 4.78 is 12.2. The summed E-state index contributed by atoms with van der Waals surface area (Å²) in [6, 6.07) is 17.9. The lowest BCUT2D eigenvalue weighted by atomic mass is 10.0. The van der Waals surface area contributed by atoms with Crippen LogP contribution in [-0.4, -0.2) is 16.2 Å². The van der Waals surface area contributed by atoms with Gasteiger partial charge < -0.3 is 19.4 Å². The first-order valence-corrected chi connectivity index (χ1v) is 10.9. The van der Waals surface area contributed by atoms with Gasteiger partial charge in [0.05, 0.1) is 17.8 Å². The van der Waals surface area contributed by atoms with Gasteiger partial charge in [-0.1, -0.05) is 6.07 Å². The number of aryl methyl sites for hydroxylation is 1. The van der Waals surface area contributed by atoms with Crippen LogP contribution in [0.2, 0.25) is 0 Å². The van der Waals surface area contributed by atoms with Gasteiger partial charge in [-0.2, -0.15) is 0 Å². The van der Waals surface area contributed by atoms with Gasteiger partial charge in [0, 0.05) is 11.9 Å². The average molecular weight is 420 g/mol. The standard InChI is InChI=1S/C24H25N3O2S/c1-16-9-14-21(28-16)23-22(20-8-4-5-15-25-20)26-24(30)27(23)17-10-12-19(13-11-17)29-18-6-2-3-7-18/h4-5,8-15,18,22-23H,2-3,6-7H2,1H3,(H,26,30)/t22-,23-/m1/s1. The maximum absolute atomic E-state index is 6.13. The fourth-order valence-electron chi connectivity index (χ4n) is 4.42. The van der Waals surface area contributed by atoms with Crippen molar-refractivity contribution >= 4 is 23.0 Å². The van der Waals surface area contributed by atoms with Crippen LogP contribution >= 0.6 is 12.2 Å². The number of nitrogens with zero attached hydrogens (tertiary/aromatic N) is 2. The van der Waals surface area contributed by atoms with Gasteiger partial charge >= 0.3 is 0 Å². The average Bonchev–Trinajstić information content (AvgIpc) is 3.50. The summed E-state index contributed by atoms with van der Waals surface area (Å²) in [5.41, 5.74) is 1.94. The molecule has 5 rings (SSSR count). The Morgan fingerprint density at radius 1 is 1.07 bits per heavy atom. The first-order chi connectivity index (χ1) is 14.7. The highest BCUT2D eigenvalue weighted by atomic mass is 32.1. The zero-order valence-electron chi connectivity index (χ0n) is 17.0. The summed E-state index contributed by atoms with van der Waals surface area (Å²) in [6.45, 7) is 1.96. The van der Waals surface area contributed by atoms with Crippen LogP contribution in [0.4, 0.5) is 5.69 Å². The molecule has 3 aromatic rings. The first-order valence-electron chi connectivity index (χ1n) is 10.5. The smallest absolute Gasteiger partial charge is 0.174 e. The Morgan fingerprint density at radius 2 is 1.87 bits per heavy atom. The van der Waals surface area contributed by atoms with Crippen LogP contribution in [0.15, 0.2) is 65.2 Å². The molecule has 30 heavy (non-hydrogen) atoms. The second kappa shape index (κ2) is 8.11. The molecule has 0 amide bonds. The molecule has 1 N–H and O–H groups in total. The highest BCUT2D eigenvalue weighted by Gasteiger charge is 2.42. The fourth-order valence-corrected chi connectivity index (χ4v) is 4.76. The third kappa shape index (κ3) is 3.67. The number of hydrogen-bond donors (Lipinski definition) is 1. The van der Waals surface area contributed by atoms with Gasteiger partial charge in [-0.25, -0.2) is 0 Å². The minimum Gasteiger partial charge on any atom is -0.490 e. The second-order valence-electron chi connectivity index (χ2n) is 7.96. The number of ether oxygens (including phenoxy) is 1. The molecule has 2 fully saturated rings. The van der Waals surface area contributed by atoms with Crippen molar-refractivity contribution in [3.63, 3.8) is 0 Å².